The lowest BCUT2D eigenvalue weighted by Crippen LogP contribution is -2.66. The maximum Gasteiger partial charge on any atom is 0.341 e. The summed E-state index contributed by atoms with van der Waals surface area (Å²) in [6.07, 6.45) is -2.95. The van der Waals surface area contributed by atoms with Crippen molar-refractivity contribution < 1.29 is 53.1 Å². The molecule has 8 fully saturated rings. The molecule has 14 atom stereocenters. The Morgan fingerprint density at radius 1 is 0.975 bits per heavy atom. The molecule has 6 saturated heterocycles. The molecule has 6 aliphatic heterocycles. The number of hydrogen-bond donors (Lipinski definition) is 2. The van der Waals surface area contributed by atoms with Crippen molar-refractivity contribution >= 4 is 23.5 Å². The highest BCUT2D eigenvalue weighted by molar-refractivity contribution is 5.98. The van der Waals surface area contributed by atoms with Gasteiger partial charge in [-0.2, -0.15) is 0 Å². The maximum atomic E-state index is 14.8. The van der Waals surface area contributed by atoms with E-state index in [1.54, 1.807) is 6.92 Å². The van der Waals surface area contributed by atoms with Crippen LogP contribution in [0.25, 0.3) is 0 Å². The fourth-order valence-electron chi connectivity index (χ4n) is 10.8. The molecule has 40 heavy (non-hydrogen) atoms. The summed E-state index contributed by atoms with van der Waals surface area (Å²) in [4.78, 5) is 54.3. The van der Waals surface area contributed by atoms with E-state index in [4.69, 9.17) is 23.7 Å². The molecule has 2 saturated carbocycles. The fourth-order valence-corrected chi connectivity index (χ4v) is 10.8. The number of esters is 2. The number of rotatable bonds is 0. The molecule has 8 rings (SSSR count). The zero-order chi connectivity index (χ0) is 28.6. The number of ketones is 2. The third-order valence-corrected chi connectivity index (χ3v) is 12.4. The summed E-state index contributed by atoms with van der Waals surface area (Å²) in [5, 5.41) is 23.0. The number of aliphatic hydroxyl groups is 2. The van der Waals surface area contributed by atoms with Crippen LogP contribution < -0.4 is 0 Å². The quantitative estimate of drug-likeness (QED) is 0.400. The van der Waals surface area contributed by atoms with Crippen LogP contribution in [-0.4, -0.2) is 86.3 Å². The molecule has 2 aliphatic carbocycles. The molecule has 8 aliphatic rings. The van der Waals surface area contributed by atoms with Crippen LogP contribution in [0, 0.1) is 35.0 Å². The Morgan fingerprint density at radius 3 is 2.42 bits per heavy atom. The molecular formula is C29H36O11. The zero-order valence-electron chi connectivity index (χ0n) is 23.3. The van der Waals surface area contributed by atoms with Crippen LogP contribution >= 0.6 is 0 Å². The third kappa shape index (κ3) is 2.55. The fraction of sp³-hybridized carbons (Fsp3) is 0.862. The molecule has 2 N–H and O–H groups in total. The summed E-state index contributed by atoms with van der Waals surface area (Å²) in [5.41, 5.74) is -6.25. The van der Waals surface area contributed by atoms with Crippen LogP contribution in [0.15, 0.2) is 0 Å². The Bertz CT molecular complexity index is 1290. The van der Waals surface area contributed by atoms with E-state index in [-0.39, 0.29) is 37.4 Å². The van der Waals surface area contributed by atoms with Gasteiger partial charge in [0.25, 0.3) is 0 Å². The largest absolute Gasteiger partial charge is 0.457 e. The molecule has 2 bridgehead atoms. The van der Waals surface area contributed by atoms with Gasteiger partial charge in [0.15, 0.2) is 5.60 Å². The van der Waals surface area contributed by atoms with Crippen LogP contribution in [0.2, 0.25) is 0 Å². The molecule has 0 aromatic carbocycles. The van der Waals surface area contributed by atoms with Gasteiger partial charge in [-0.1, -0.05) is 13.8 Å². The van der Waals surface area contributed by atoms with Gasteiger partial charge in [-0.15, -0.1) is 0 Å². The number of carbonyl (C=O) groups excluding carboxylic acids is 4. The summed E-state index contributed by atoms with van der Waals surface area (Å²) < 4.78 is 31.6. The number of hydrogen-bond acceptors (Lipinski definition) is 11. The van der Waals surface area contributed by atoms with Crippen LogP contribution in [-0.2, 0) is 42.9 Å². The minimum Gasteiger partial charge on any atom is -0.457 e. The molecule has 0 radical (unpaired) electrons. The van der Waals surface area contributed by atoms with E-state index in [1.165, 1.54) is 6.92 Å². The maximum absolute atomic E-state index is 14.8. The smallest absolute Gasteiger partial charge is 0.341 e. The van der Waals surface area contributed by atoms with Gasteiger partial charge in [0.2, 0.25) is 11.6 Å². The highest BCUT2D eigenvalue weighted by atomic mass is 16.7. The number of ether oxygens (including phenoxy) is 5. The first-order valence-electron chi connectivity index (χ1n) is 14.5. The van der Waals surface area contributed by atoms with Crippen molar-refractivity contribution in [3.05, 3.63) is 0 Å². The lowest BCUT2D eigenvalue weighted by Gasteiger charge is -2.50. The first-order valence-corrected chi connectivity index (χ1v) is 14.5. The van der Waals surface area contributed by atoms with Crippen LogP contribution in [0.4, 0.5) is 0 Å². The SMILES string of the molecule is C[C@@H]1C(=O)[C@@]2(C)CC[C@]34C[C@]56OC(=O)C[C@H]5OC(C)(C)[C@@H]6C[C@H](O)[C@H]3C(=O)[C@@]3(O[C@H]5[C@H](OC(=O)[C@]5(C)O)[C@@H]1[C@H]32)O4. The average Bonchev–Trinajstić information content (AvgIpc) is 3.43. The first-order chi connectivity index (χ1) is 18.5. The summed E-state index contributed by atoms with van der Waals surface area (Å²) in [6.45, 7) is 8.72. The van der Waals surface area contributed by atoms with E-state index in [0.29, 0.717) is 6.42 Å². The van der Waals surface area contributed by atoms with Crippen molar-refractivity contribution in [2.24, 2.45) is 35.0 Å². The Hall–Kier alpha value is -1.92. The van der Waals surface area contributed by atoms with E-state index in [2.05, 4.69) is 0 Å². The van der Waals surface area contributed by atoms with Crippen LogP contribution in [0.3, 0.4) is 0 Å². The summed E-state index contributed by atoms with van der Waals surface area (Å²) >= 11 is 0. The predicted molar refractivity (Wildman–Crippen MR) is 130 cm³/mol. The Balaban J connectivity index is 1.33. The topological polar surface area (TPSA) is 155 Å². The van der Waals surface area contributed by atoms with Crippen molar-refractivity contribution in [3.8, 4) is 0 Å². The zero-order valence-corrected chi connectivity index (χ0v) is 23.3. The minimum absolute atomic E-state index is 0.0636. The molecule has 0 aromatic heterocycles. The van der Waals surface area contributed by atoms with Crippen molar-refractivity contribution in [3.63, 3.8) is 0 Å². The summed E-state index contributed by atoms with van der Waals surface area (Å²) in [7, 11) is 0. The molecule has 3 spiro atoms. The highest BCUT2D eigenvalue weighted by Crippen LogP contribution is 2.71. The van der Waals surface area contributed by atoms with Gasteiger partial charge >= 0.3 is 11.9 Å². The van der Waals surface area contributed by atoms with Crippen molar-refractivity contribution in [2.75, 3.05) is 0 Å². The highest BCUT2D eigenvalue weighted by Gasteiger charge is 2.84. The number of aliphatic hydroxyl groups excluding tert-OH is 1. The predicted octanol–water partition coefficient (Wildman–Crippen LogP) is 0.598. The molecule has 11 heteroatoms. The summed E-state index contributed by atoms with van der Waals surface area (Å²) in [6, 6.07) is 0. The molecule has 218 valence electrons. The van der Waals surface area contributed by atoms with Crippen LogP contribution in [0.1, 0.15) is 66.7 Å². The van der Waals surface area contributed by atoms with Gasteiger partial charge in [-0.05, 0) is 40.0 Å². The second-order valence-electron chi connectivity index (χ2n) is 14.7. The van der Waals surface area contributed by atoms with E-state index in [9.17, 15) is 29.4 Å². The lowest BCUT2D eigenvalue weighted by molar-refractivity contribution is -0.339. The van der Waals surface area contributed by atoms with E-state index in [1.807, 2.05) is 20.8 Å². The van der Waals surface area contributed by atoms with E-state index in [0.717, 1.165) is 0 Å². The van der Waals surface area contributed by atoms with Gasteiger partial charge in [0.1, 0.15) is 29.7 Å². The monoisotopic (exact) mass is 560 g/mol. The third-order valence-electron chi connectivity index (χ3n) is 12.4. The van der Waals surface area contributed by atoms with Gasteiger partial charge in [0, 0.05) is 35.5 Å². The molecule has 0 unspecified atom stereocenters. The molecule has 11 nitrogen and oxygen atoms in total. The van der Waals surface area contributed by atoms with E-state index >= 15 is 0 Å². The Morgan fingerprint density at radius 2 is 1.70 bits per heavy atom. The Kier molecular flexibility index (Phi) is 4.50. The second kappa shape index (κ2) is 6.99. The van der Waals surface area contributed by atoms with Crippen molar-refractivity contribution in [1.82, 2.24) is 0 Å². The lowest BCUT2D eigenvalue weighted by atomic mass is 9.60. The van der Waals surface area contributed by atoms with E-state index < -0.39 is 99.4 Å². The standard InChI is InChI=1S/C29H36O11/c1-11-16-18-22(26(5,35)23(34)36-18)39-29-19(16)25(4,20(11)32)6-7-27(40-29)10-28-13(8-12(30)17(27)21(29)33)24(2,3)37-14(28)9-15(31)38-28/h11-14,16-19,22,30,35H,6-10H2,1-5H3/t11-,12-,13-,14+,16+,17-,18+,19-,22-,25-,26+,27-,28+,29-/m0/s1. The minimum atomic E-state index is -2.06. The van der Waals surface area contributed by atoms with Crippen molar-refractivity contribution in [2.45, 2.75) is 119 Å². The number of fused-ring (bicyclic) bond motifs is 2. The van der Waals surface area contributed by atoms with Gasteiger partial charge in [-0.25, -0.2) is 4.79 Å². The first kappa shape index (κ1) is 25.8. The number of carbonyl (C=O) groups is 4. The number of Topliss-reactive ketones (excluding diaryl/α,β-unsaturated/α-hetero) is 2. The molecule has 0 amide bonds. The van der Waals surface area contributed by atoms with Gasteiger partial charge < -0.3 is 33.9 Å². The van der Waals surface area contributed by atoms with Crippen molar-refractivity contribution in [1.29, 1.82) is 0 Å². The van der Waals surface area contributed by atoms with Gasteiger partial charge in [0.05, 0.1) is 29.6 Å². The average molecular weight is 561 g/mol. The molecule has 0 aromatic rings. The normalized spacial score (nSPS) is 60.6. The molecule has 6 heterocycles. The Labute approximate surface area is 231 Å². The summed E-state index contributed by atoms with van der Waals surface area (Å²) in [5.74, 6) is -7.18. The molecular weight excluding hydrogens is 524 g/mol. The van der Waals surface area contributed by atoms with Gasteiger partial charge in [-0.3, -0.25) is 14.4 Å². The van der Waals surface area contributed by atoms with Crippen LogP contribution in [0.5, 0.6) is 0 Å². The second-order valence-corrected chi connectivity index (χ2v) is 14.7.